The molecule has 10 nitrogen and oxygen atoms in total. The molecule has 0 heterocycles. The zero-order chi connectivity index (χ0) is 15.7. The third-order valence-electron chi connectivity index (χ3n) is 2.29. The summed E-state index contributed by atoms with van der Waals surface area (Å²) in [6.07, 6.45) is -0.902. The fourth-order valence-corrected chi connectivity index (χ4v) is 1.30. The first kappa shape index (κ1) is 17.6. The Labute approximate surface area is 114 Å². The van der Waals surface area contributed by atoms with Crippen molar-refractivity contribution in [3.63, 3.8) is 0 Å². The zero-order valence-electron chi connectivity index (χ0n) is 10.9. The number of carboxylic acid groups (broad SMARTS) is 3. The Bertz CT molecular complexity index is 397. The maximum atomic E-state index is 10.9. The van der Waals surface area contributed by atoms with Crippen LogP contribution in [0.2, 0.25) is 0 Å². The number of aliphatic carboxylic acids is 2. The second kappa shape index (κ2) is 8.69. The first-order chi connectivity index (χ1) is 9.23. The highest BCUT2D eigenvalue weighted by molar-refractivity contribution is 5.91. The van der Waals surface area contributed by atoms with Gasteiger partial charge in [0.15, 0.2) is 5.96 Å². The van der Waals surface area contributed by atoms with Gasteiger partial charge in [-0.1, -0.05) is 0 Å². The van der Waals surface area contributed by atoms with E-state index in [2.05, 4.69) is 10.3 Å². The Morgan fingerprint density at radius 3 is 2.25 bits per heavy atom. The Morgan fingerprint density at radius 2 is 1.80 bits per heavy atom. The lowest BCUT2D eigenvalue weighted by Gasteiger charge is -2.16. The Morgan fingerprint density at radius 1 is 1.20 bits per heavy atom. The largest absolute Gasteiger partial charge is 0.480 e. The van der Waals surface area contributed by atoms with Gasteiger partial charge >= 0.3 is 18.0 Å². The number of carbonyl (C=O) groups is 3. The van der Waals surface area contributed by atoms with Crippen molar-refractivity contribution in [1.82, 2.24) is 10.6 Å². The molecular formula is C10H18N4O6. The lowest BCUT2D eigenvalue weighted by Crippen LogP contribution is -2.45. The number of guanidine groups is 1. The minimum absolute atomic E-state index is 0.124. The van der Waals surface area contributed by atoms with Crippen LogP contribution in [0.25, 0.3) is 0 Å². The quantitative estimate of drug-likeness (QED) is 0.185. The highest BCUT2D eigenvalue weighted by Crippen LogP contribution is 2.00. The van der Waals surface area contributed by atoms with Crippen LogP contribution in [0.4, 0.5) is 4.79 Å². The van der Waals surface area contributed by atoms with Crippen molar-refractivity contribution in [2.24, 2.45) is 10.7 Å². The molecule has 0 aromatic carbocycles. The standard InChI is InChI=1S/C10H18N4O6/c1-5(7(15)16)13-6(8(17)18)3-2-4-12-9(11)14-10(19)20/h5-6,13H,2-4H2,1H3,(H,15,16)(H,17,18)(H,19,20)(H3,11,12,14). The van der Waals surface area contributed by atoms with Crippen molar-refractivity contribution in [2.45, 2.75) is 31.8 Å². The lowest BCUT2D eigenvalue weighted by molar-refractivity contribution is -0.142. The van der Waals surface area contributed by atoms with E-state index in [1.165, 1.54) is 6.92 Å². The van der Waals surface area contributed by atoms with E-state index in [0.29, 0.717) is 6.42 Å². The molecule has 0 saturated carbocycles. The van der Waals surface area contributed by atoms with Crippen LogP contribution in [-0.2, 0) is 9.59 Å². The Kier molecular flexibility index (Phi) is 7.67. The normalized spacial score (nSPS) is 14.3. The van der Waals surface area contributed by atoms with Gasteiger partial charge in [-0.05, 0) is 19.8 Å². The maximum Gasteiger partial charge on any atom is 0.411 e. The maximum absolute atomic E-state index is 10.9. The predicted molar refractivity (Wildman–Crippen MR) is 68.5 cm³/mol. The Hall–Kier alpha value is -2.36. The topological polar surface area (TPSA) is 174 Å². The van der Waals surface area contributed by atoms with Gasteiger partial charge in [0.25, 0.3) is 0 Å². The van der Waals surface area contributed by atoms with Gasteiger partial charge in [0.2, 0.25) is 0 Å². The van der Waals surface area contributed by atoms with Crippen molar-refractivity contribution < 1.29 is 29.7 Å². The molecule has 0 fully saturated rings. The SMILES string of the molecule is CC(NC(CCCN=C(N)NC(=O)O)C(=O)O)C(=O)O. The molecule has 0 aromatic heterocycles. The van der Waals surface area contributed by atoms with E-state index < -0.39 is 30.1 Å². The van der Waals surface area contributed by atoms with Crippen LogP contribution in [0.15, 0.2) is 4.99 Å². The molecule has 0 aromatic rings. The summed E-state index contributed by atoms with van der Waals surface area (Å²) in [5.74, 6) is -2.60. The summed E-state index contributed by atoms with van der Waals surface area (Å²) in [6, 6.07) is -2.01. The average Bonchev–Trinajstić information content (AvgIpc) is 2.31. The molecule has 0 radical (unpaired) electrons. The molecule has 0 spiro atoms. The first-order valence-corrected chi connectivity index (χ1v) is 5.75. The van der Waals surface area contributed by atoms with E-state index in [-0.39, 0.29) is 18.9 Å². The van der Waals surface area contributed by atoms with Gasteiger partial charge in [-0.2, -0.15) is 0 Å². The van der Waals surface area contributed by atoms with E-state index in [9.17, 15) is 14.4 Å². The average molecular weight is 290 g/mol. The molecule has 114 valence electrons. The monoisotopic (exact) mass is 290 g/mol. The molecular weight excluding hydrogens is 272 g/mol. The van der Waals surface area contributed by atoms with E-state index >= 15 is 0 Å². The van der Waals surface area contributed by atoms with Gasteiger partial charge in [0.1, 0.15) is 12.1 Å². The van der Waals surface area contributed by atoms with Crippen LogP contribution in [0.5, 0.6) is 0 Å². The molecule has 0 saturated heterocycles. The minimum Gasteiger partial charge on any atom is -0.480 e. The van der Waals surface area contributed by atoms with Crippen LogP contribution in [-0.4, -0.2) is 57.9 Å². The van der Waals surface area contributed by atoms with Crippen LogP contribution in [0.3, 0.4) is 0 Å². The van der Waals surface area contributed by atoms with Crippen molar-refractivity contribution in [3.05, 3.63) is 0 Å². The highest BCUT2D eigenvalue weighted by atomic mass is 16.4. The summed E-state index contributed by atoms with van der Waals surface area (Å²) in [4.78, 5) is 35.4. The number of aliphatic imine (C=N–C) groups is 1. The van der Waals surface area contributed by atoms with Gasteiger partial charge in [0.05, 0.1) is 0 Å². The minimum atomic E-state index is -1.34. The molecule has 2 unspecified atom stereocenters. The number of carboxylic acids is 2. The molecule has 0 aliphatic carbocycles. The van der Waals surface area contributed by atoms with E-state index in [0.717, 1.165) is 0 Å². The number of rotatable bonds is 8. The van der Waals surface area contributed by atoms with E-state index in [4.69, 9.17) is 21.1 Å². The van der Waals surface area contributed by atoms with Crippen LogP contribution in [0.1, 0.15) is 19.8 Å². The van der Waals surface area contributed by atoms with Gasteiger partial charge in [-0.3, -0.25) is 25.2 Å². The van der Waals surface area contributed by atoms with Crippen LogP contribution < -0.4 is 16.4 Å². The molecule has 0 rings (SSSR count). The van der Waals surface area contributed by atoms with E-state index in [1.807, 2.05) is 5.32 Å². The van der Waals surface area contributed by atoms with Crippen molar-refractivity contribution in [3.8, 4) is 0 Å². The zero-order valence-corrected chi connectivity index (χ0v) is 10.9. The van der Waals surface area contributed by atoms with Crippen LogP contribution in [0, 0.1) is 0 Å². The molecule has 2 atom stereocenters. The molecule has 10 heteroatoms. The van der Waals surface area contributed by atoms with Gasteiger partial charge in [-0.15, -0.1) is 0 Å². The number of hydrogen-bond donors (Lipinski definition) is 6. The third kappa shape index (κ3) is 7.87. The summed E-state index contributed by atoms with van der Waals surface area (Å²) in [6.45, 7) is 1.46. The summed E-state index contributed by atoms with van der Waals surface area (Å²) in [5.41, 5.74) is 5.22. The third-order valence-corrected chi connectivity index (χ3v) is 2.29. The highest BCUT2D eigenvalue weighted by Gasteiger charge is 2.22. The number of nitrogens with zero attached hydrogens (tertiary/aromatic N) is 1. The van der Waals surface area contributed by atoms with Crippen molar-refractivity contribution >= 4 is 24.0 Å². The molecule has 7 N–H and O–H groups in total. The van der Waals surface area contributed by atoms with Gasteiger partial charge in [-0.25, -0.2) is 4.79 Å². The molecule has 0 aliphatic rings. The van der Waals surface area contributed by atoms with Gasteiger partial charge in [0, 0.05) is 6.54 Å². The van der Waals surface area contributed by atoms with Crippen molar-refractivity contribution in [1.29, 1.82) is 0 Å². The lowest BCUT2D eigenvalue weighted by atomic mass is 10.1. The fourth-order valence-electron chi connectivity index (χ4n) is 1.30. The Balaban J connectivity index is 4.20. The van der Waals surface area contributed by atoms with Crippen LogP contribution >= 0.6 is 0 Å². The summed E-state index contributed by atoms with van der Waals surface area (Å²) in [7, 11) is 0. The smallest absolute Gasteiger partial charge is 0.411 e. The number of hydrogen-bond acceptors (Lipinski definition) is 5. The number of nitrogens with two attached hydrogens (primary N) is 1. The second-order valence-electron chi connectivity index (χ2n) is 3.96. The molecule has 20 heavy (non-hydrogen) atoms. The number of amides is 1. The van der Waals surface area contributed by atoms with E-state index in [1.54, 1.807) is 0 Å². The first-order valence-electron chi connectivity index (χ1n) is 5.75. The summed E-state index contributed by atoms with van der Waals surface area (Å²) in [5, 5.41) is 30.2. The summed E-state index contributed by atoms with van der Waals surface area (Å²) < 4.78 is 0. The van der Waals surface area contributed by atoms with Crippen molar-refractivity contribution in [2.75, 3.05) is 6.54 Å². The number of nitrogens with one attached hydrogen (secondary N) is 2. The molecule has 0 bridgehead atoms. The van der Waals surface area contributed by atoms with Gasteiger partial charge < -0.3 is 21.1 Å². The predicted octanol–water partition coefficient (Wildman–Crippen LogP) is -1.14. The summed E-state index contributed by atoms with van der Waals surface area (Å²) >= 11 is 0. The second-order valence-corrected chi connectivity index (χ2v) is 3.96. The molecule has 1 amide bonds. The fraction of sp³-hybridized carbons (Fsp3) is 0.600. The molecule has 0 aliphatic heterocycles.